The molecule has 0 spiro atoms. The fourth-order valence-electron chi connectivity index (χ4n) is 2.70. The maximum absolute atomic E-state index is 10.9. The molecule has 0 atom stereocenters. The third-order valence-electron chi connectivity index (χ3n) is 3.46. The molecule has 1 aromatic carbocycles. The van der Waals surface area contributed by atoms with Gasteiger partial charge in [0, 0.05) is 17.1 Å². The molecule has 2 nitrogen and oxygen atoms in total. The molecule has 2 heteroatoms. The Hall–Kier alpha value is -1.41. The van der Waals surface area contributed by atoms with Gasteiger partial charge in [0.15, 0.2) is 0 Å². The summed E-state index contributed by atoms with van der Waals surface area (Å²) in [6, 6.07) is 10.1. The number of aliphatic hydroxyl groups is 1. The number of nitrogens with zero attached hydrogens (tertiary/aromatic N) is 1. The molecule has 0 fully saturated rings. The van der Waals surface area contributed by atoms with Crippen molar-refractivity contribution < 1.29 is 5.11 Å². The first-order valence-electron chi connectivity index (χ1n) is 6.78. The summed E-state index contributed by atoms with van der Waals surface area (Å²) in [5.74, 6) is 0. The topological polar surface area (TPSA) is 33.1 Å². The van der Waals surface area contributed by atoms with Crippen LogP contribution in [0, 0.1) is 0 Å². The normalized spacial score (nSPS) is 11.9. The lowest BCUT2D eigenvalue weighted by molar-refractivity contribution is 0.0183. The van der Waals surface area contributed by atoms with Crippen molar-refractivity contribution >= 4 is 10.9 Å². The van der Waals surface area contributed by atoms with Gasteiger partial charge in [-0.3, -0.25) is 4.98 Å². The molecule has 0 saturated heterocycles. The van der Waals surface area contributed by atoms with E-state index in [1.807, 2.05) is 30.3 Å². The minimum atomic E-state index is -0.739. The lowest BCUT2D eigenvalue weighted by Crippen LogP contribution is -2.25. The van der Waals surface area contributed by atoms with E-state index in [0.29, 0.717) is 0 Å². The second-order valence-electron chi connectivity index (χ2n) is 4.91. The molecule has 96 valence electrons. The summed E-state index contributed by atoms with van der Waals surface area (Å²) in [5.41, 5.74) is 1.17. The van der Waals surface area contributed by atoms with E-state index >= 15 is 0 Å². The van der Waals surface area contributed by atoms with Gasteiger partial charge in [-0.05, 0) is 18.9 Å². The first-order valence-corrected chi connectivity index (χ1v) is 6.78. The number of aromatic nitrogens is 1. The Labute approximate surface area is 109 Å². The highest BCUT2D eigenvalue weighted by Crippen LogP contribution is 2.35. The van der Waals surface area contributed by atoms with Gasteiger partial charge >= 0.3 is 0 Å². The van der Waals surface area contributed by atoms with Gasteiger partial charge < -0.3 is 5.11 Å². The number of rotatable bonds is 5. The molecule has 1 N–H and O–H groups in total. The van der Waals surface area contributed by atoms with Crippen molar-refractivity contribution in [3.05, 3.63) is 42.1 Å². The summed E-state index contributed by atoms with van der Waals surface area (Å²) in [4.78, 5) is 4.45. The van der Waals surface area contributed by atoms with Crippen LogP contribution in [0.1, 0.15) is 45.1 Å². The average molecular weight is 243 g/mol. The molecule has 0 aliphatic carbocycles. The molecular weight excluding hydrogens is 222 g/mol. The number of hydrogen-bond donors (Lipinski definition) is 1. The third kappa shape index (κ3) is 2.39. The molecule has 2 rings (SSSR count). The number of hydrogen-bond acceptors (Lipinski definition) is 2. The van der Waals surface area contributed by atoms with Crippen LogP contribution in [-0.2, 0) is 5.60 Å². The lowest BCUT2D eigenvalue weighted by Gasteiger charge is -2.29. The maximum Gasteiger partial charge on any atom is 0.0917 e. The predicted octanol–water partition coefficient (Wildman–Crippen LogP) is 4.02. The van der Waals surface area contributed by atoms with Gasteiger partial charge in [0.25, 0.3) is 0 Å². The molecule has 0 saturated carbocycles. The summed E-state index contributed by atoms with van der Waals surface area (Å²) in [7, 11) is 0. The maximum atomic E-state index is 10.9. The molecule has 0 unspecified atom stereocenters. The molecule has 2 aromatic rings. The van der Waals surface area contributed by atoms with Gasteiger partial charge in [-0.15, -0.1) is 0 Å². The van der Waals surface area contributed by atoms with Gasteiger partial charge in [0.2, 0.25) is 0 Å². The van der Waals surface area contributed by atoms with Crippen molar-refractivity contribution in [2.24, 2.45) is 0 Å². The minimum Gasteiger partial charge on any atom is -0.385 e. The summed E-state index contributed by atoms with van der Waals surface area (Å²) in [6.07, 6.45) is 5.32. The van der Waals surface area contributed by atoms with Crippen LogP contribution in [0.25, 0.3) is 10.9 Å². The first-order chi connectivity index (χ1) is 8.71. The van der Waals surface area contributed by atoms with Gasteiger partial charge in [0.05, 0.1) is 11.1 Å². The quantitative estimate of drug-likeness (QED) is 0.860. The number of benzene rings is 1. The Morgan fingerprint density at radius 2 is 1.72 bits per heavy atom. The molecule has 1 aromatic heterocycles. The smallest absolute Gasteiger partial charge is 0.0917 e. The van der Waals surface area contributed by atoms with Gasteiger partial charge in [-0.25, -0.2) is 0 Å². The van der Waals surface area contributed by atoms with Gasteiger partial charge in [-0.1, -0.05) is 51.0 Å². The molecular formula is C16H21NO. The zero-order valence-electron chi connectivity index (χ0n) is 11.2. The van der Waals surface area contributed by atoms with E-state index in [1.54, 1.807) is 6.20 Å². The lowest BCUT2D eigenvalue weighted by atomic mass is 9.84. The number of para-hydroxylation sites is 1. The monoisotopic (exact) mass is 243 g/mol. The van der Waals surface area contributed by atoms with Crippen molar-refractivity contribution in [3.8, 4) is 0 Å². The van der Waals surface area contributed by atoms with Crippen molar-refractivity contribution in [3.63, 3.8) is 0 Å². The zero-order chi connectivity index (χ0) is 13.0. The fraction of sp³-hybridized carbons (Fsp3) is 0.438. The van der Waals surface area contributed by atoms with Crippen molar-refractivity contribution in [1.82, 2.24) is 4.98 Å². The van der Waals surface area contributed by atoms with E-state index in [0.717, 1.165) is 42.1 Å². The van der Waals surface area contributed by atoms with Crippen molar-refractivity contribution in [2.75, 3.05) is 0 Å². The van der Waals surface area contributed by atoms with Crippen LogP contribution < -0.4 is 0 Å². The first kappa shape index (κ1) is 13.0. The summed E-state index contributed by atoms with van der Waals surface area (Å²) in [6.45, 7) is 4.22. The second kappa shape index (κ2) is 5.49. The molecule has 0 radical (unpaired) electrons. The molecule has 0 amide bonds. The highest BCUT2D eigenvalue weighted by Gasteiger charge is 2.29. The molecule has 0 aliphatic rings. The average Bonchev–Trinajstić information content (AvgIpc) is 2.38. The van der Waals surface area contributed by atoms with Crippen LogP contribution in [0.4, 0.5) is 0 Å². The summed E-state index contributed by atoms with van der Waals surface area (Å²) >= 11 is 0. The number of fused-ring (bicyclic) bond motifs is 1. The summed E-state index contributed by atoms with van der Waals surface area (Å²) < 4.78 is 0. The number of pyridine rings is 1. The van der Waals surface area contributed by atoms with E-state index in [1.165, 1.54) is 0 Å². The molecule has 1 heterocycles. The van der Waals surface area contributed by atoms with Crippen LogP contribution in [0.15, 0.2) is 36.5 Å². The minimum absolute atomic E-state index is 0.739. The predicted molar refractivity (Wildman–Crippen MR) is 75.5 cm³/mol. The Morgan fingerprint density at radius 1 is 1.06 bits per heavy atom. The van der Waals surface area contributed by atoms with E-state index in [4.69, 9.17) is 0 Å². The Kier molecular flexibility index (Phi) is 3.97. The van der Waals surface area contributed by atoms with Crippen molar-refractivity contribution in [1.29, 1.82) is 0 Å². The van der Waals surface area contributed by atoms with Crippen LogP contribution in [0.3, 0.4) is 0 Å². The molecule has 0 bridgehead atoms. The van der Waals surface area contributed by atoms with Gasteiger partial charge in [0.1, 0.15) is 0 Å². The Bertz CT molecular complexity index is 510. The van der Waals surface area contributed by atoms with E-state index in [9.17, 15) is 5.11 Å². The largest absolute Gasteiger partial charge is 0.385 e. The highest BCUT2D eigenvalue weighted by atomic mass is 16.3. The standard InChI is InChI=1S/C16H21NO/c1-3-10-16(18,11-4-2)14-9-5-7-13-8-6-12-17-15(13)14/h5-9,12,18H,3-4,10-11H2,1-2H3. The molecule has 18 heavy (non-hydrogen) atoms. The van der Waals surface area contributed by atoms with Crippen LogP contribution in [0.2, 0.25) is 0 Å². The molecule has 0 aliphatic heterocycles. The van der Waals surface area contributed by atoms with E-state index in [2.05, 4.69) is 18.8 Å². The third-order valence-corrected chi connectivity index (χ3v) is 3.46. The zero-order valence-corrected chi connectivity index (χ0v) is 11.2. The van der Waals surface area contributed by atoms with E-state index in [-0.39, 0.29) is 0 Å². The van der Waals surface area contributed by atoms with Crippen molar-refractivity contribution in [2.45, 2.75) is 45.1 Å². The van der Waals surface area contributed by atoms with E-state index < -0.39 is 5.60 Å². The Morgan fingerprint density at radius 3 is 2.39 bits per heavy atom. The highest BCUT2D eigenvalue weighted by molar-refractivity contribution is 5.82. The van der Waals surface area contributed by atoms with Crippen LogP contribution in [-0.4, -0.2) is 10.1 Å². The van der Waals surface area contributed by atoms with Crippen LogP contribution >= 0.6 is 0 Å². The fourth-order valence-corrected chi connectivity index (χ4v) is 2.70. The summed E-state index contributed by atoms with van der Waals surface area (Å²) in [5, 5.41) is 12.0. The van der Waals surface area contributed by atoms with Gasteiger partial charge in [-0.2, -0.15) is 0 Å². The second-order valence-corrected chi connectivity index (χ2v) is 4.91. The van der Waals surface area contributed by atoms with Crippen LogP contribution in [0.5, 0.6) is 0 Å². The Balaban J connectivity index is 2.56. The SMILES string of the molecule is CCCC(O)(CCC)c1cccc2cccnc12.